The van der Waals surface area contributed by atoms with Gasteiger partial charge in [0.2, 0.25) is 0 Å². The average molecular weight is 214 g/mol. The van der Waals surface area contributed by atoms with Crippen molar-refractivity contribution in [2.24, 2.45) is 21.7 Å². The molecule has 0 heteroatoms. The molecule has 5 aliphatic rings. The lowest BCUT2D eigenvalue weighted by Crippen LogP contribution is -2.41. The van der Waals surface area contributed by atoms with Gasteiger partial charge in [-0.05, 0) is 80.5 Å². The fraction of sp³-hybridized carbons (Fsp3) is 0.875. The molecule has 5 saturated carbocycles. The minimum atomic E-state index is 0.674. The Balaban J connectivity index is 1.84. The molecule has 0 heterocycles. The van der Waals surface area contributed by atoms with E-state index in [1.54, 1.807) is 56.9 Å². The Kier molecular flexibility index (Phi) is 1.13. The van der Waals surface area contributed by atoms with Gasteiger partial charge in [0.25, 0.3) is 0 Å². The Morgan fingerprint density at radius 2 is 1.00 bits per heavy atom. The molecule has 86 valence electrons. The van der Waals surface area contributed by atoms with E-state index in [9.17, 15) is 0 Å². The molecule has 0 saturated heterocycles. The number of hydrogen-bond donors (Lipinski definition) is 0. The van der Waals surface area contributed by atoms with Crippen LogP contribution in [0.2, 0.25) is 0 Å². The molecule has 0 amide bonds. The maximum Gasteiger partial charge on any atom is 0.00784 e. The van der Waals surface area contributed by atoms with Crippen LogP contribution in [-0.2, 0) is 0 Å². The predicted molar refractivity (Wildman–Crippen MR) is 65.0 cm³/mol. The topological polar surface area (TPSA) is 0 Å². The summed E-state index contributed by atoms with van der Waals surface area (Å²) in [5.41, 5.74) is 4.73. The van der Waals surface area contributed by atoms with E-state index in [2.05, 4.69) is 6.58 Å². The van der Waals surface area contributed by atoms with Crippen LogP contribution < -0.4 is 0 Å². The number of rotatable bonds is 0. The van der Waals surface area contributed by atoms with Crippen LogP contribution in [0.5, 0.6) is 0 Å². The van der Waals surface area contributed by atoms with E-state index in [0.29, 0.717) is 5.41 Å². The molecule has 16 heavy (non-hydrogen) atoms. The highest BCUT2D eigenvalue weighted by atomic mass is 14.9. The predicted octanol–water partition coefficient (Wildman–Crippen LogP) is 4.46. The first-order chi connectivity index (χ1) is 7.71. The largest absolute Gasteiger partial charge is 0.0992 e. The van der Waals surface area contributed by atoms with E-state index in [-0.39, 0.29) is 0 Å². The zero-order valence-corrected chi connectivity index (χ0v) is 10.3. The lowest BCUT2D eigenvalue weighted by Gasteiger charge is -2.45. The third-order valence-corrected chi connectivity index (χ3v) is 7.69. The first-order valence-electron chi connectivity index (χ1n) is 7.39. The Labute approximate surface area is 98.5 Å². The van der Waals surface area contributed by atoms with Crippen LogP contribution in [0.25, 0.3) is 0 Å². The van der Waals surface area contributed by atoms with Crippen LogP contribution in [0.15, 0.2) is 12.2 Å². The Morgan fingerprint density at radius 3 is 1.44 bits per heavy atom. The monoisotopic (exact) mass is 214 g/mol. The molecule has 5 fully saturated rings. The standard InChI is InChI=1S/C16H22/c1-12-2-3-13-4-6-14(8-9-14)16(12,13)15(7-5-13)10-11-15/h1-11H2. The molecule has 0 aromatic heterocycles. The van der Waals surface area contributed by atoms with Gasteiger partial charge in [-0.3, -0.25) is 0 Å². The minimum absolute atomic E-state index is 0.674. The fourth-order valence-electron chi connectivity index (χ4n) is 7.21. The van der Waals surface area contributed by atoms with Crippen LogP contribution in [0.4, 0.5) is 0 Å². The van der Waals surface area contributed by atoms with E-state index >= 15 is 0 Å². The summed E-state index contributed by atoms with van der Waals surface area (Å²) < 4.78 is 0. The number of hydrogen-bond acceptors (Lipinski definition) is 0. The van der Waals surface area contributed by atoms with Gasteiger partial charge in [0.05, 0.1) is 0 Å². The maximum absolute atomic E-state index is 4.60. The molecule has 0 aromatic rings. The van der Waals surface area contributed by atoms with Crippen LogP contribution in [-0.4, -0.2) is 0 Å². The number of allylic oxidation sites excluding steroid dienone is 1. The van der Waals surface area contributed by atoms with Gasteiger partial charge in [0.15, 0.2) is 0 Å². The van der Waals surface area contributed by atoms with Gasteiger partial charge in [-0.1, -0.05) is 12.2 Å². The molecule has 0 nitrogen and oxygen atoms in total. The molecule has 0 atom stereocenters. The Hall–Kier alpha value is -0.260. The second-order valence-electron chi connectivity index (χ2n) is 7.69. The van der Waals surface area contributed by atoms with Crippen molar-refractivity contribution in [3.63, 3.8) is 0 Å². The molecule has 0 bridgehead atoms. The van der Waals surface area contributed by atoms with Gasteiger partial charge in [0, 0.05) is 5.41 Å². The van der Waals surface area contributed by atoms with Gasteiger partial charge in [-0.15, -0.1) is 0 Å². The molecule has 0 aromatic carbocycles. The van der Waals surface area contributed by atoms with Crippen LogP contribution in [0, 0.1) is 21.7 Å². The summed E-state index contributed by atoms with van der Waals surface area (Å²) >= 11 is 0. The van der Waals surface area contributed by atoms with Gasteiger partial charge < -0.3 is 0 Å². The summed E-state index contributed by atoms with van der Waals surface area (Å²) in [6, 6.07) is 0. The van der Waals surface area contributed by atoms with Crippen molar-refractivity contribution in [1.82, 2.24) is 0 Å². The fourth-order valence-corrected chi connectivity index (χ4v) is 7.21. The normalized spacial score (nSPS) is 53.4. The molecule has 2 spiro atoms. The van der Waals surface area contributed by atoms with Crippen LogP contribution in [0.1, 0.15) is 64.2 Å². The molecule has 5 rings (SSSR count). The highest BCUT2D eigenvalue weighted by Crippen LogP contribution is 2.93. The first-order valence-corrected chi connectivity index (χ1v) is 7.39. The summed E-state index contributed by atoms with van der Waals surface area (Å²) in [6.45, 7) is 4.60. The Bertz CT molecular complexity index is 382. The summed E-state index contributed by atoms with van der Waals surface area (Å²) in [7, 11) is 0. The highest BCUT2D eigenvalue weighted by Gasteiger charge is 2.84. The minimum Gasteiger partial charge on any atom is -0.0992 e. The van der Waals surface area contributed by atoms with Crippen molar-refractivity contribution < 1.29 is 0 Å². The zero-order chi connectivity index (χ0) is 10.6. The SMILES string of the molecule is C=C1CCC23CCC4(CC4)C12C1(CC3)CC1. The van der Waals surface area contributed by atoms with E-state index < -0.39 is 0 Å². The van der Waals surface area contributed by atoms with E-state index in [1.807, 2.05) is 0 Å². The summed E-state index contributed by atoms with van der Waals surface area (Å²) in [5, 5.41) is 0. The first kappa shape index (κ1) is 8.78. The van der Waals surface area contributed by atoms with Gasteiger partial charge >= 0.3 is 0 Å². The van der Waals surface area contributed by atoms with Crippen molar-refractivity contribution in [3.05, 3.63) is 12.2 Å². The van der Waals surface area contributed by atoms with Crippen molar-refractivity contribution >= 4 is 0 Å². The smallest absolute Gasteiger partial charge is 0.00784 e. The molecule has 0 aliphatic heterocycles. The van der Waals surface area contributed by atoms with E-state index in [4.69, 9.17) is 0 Å². The third kappa shape index (κ3) is 0.567. The van der Waals surface area contributed by atoms with E-state index in [1.165, 1.54) is 12.8 Å². The van der Waals surface area contributed by atoms with Crippen LogP contribution >= 0.6 is 0 Å². The maximum atomic E-state index is 4.60. The summed E-state index contributed by atoms with van der Waals surface area (Å²) in [5.74, 6) is 0. The van der Waals surface area contributed by atoms with Gasteiger partial charge in [0.1, 0.15) is 0 Å². The molecule has 0 N–H and O–H groups in total. The lowest BCUT2D eigenvalue weighted by atomic mass is 9.58. The molecule has 0 radical (unpaired) electrons. The molecular formula is C16H22. The Morgan fingerprint density at radius 1 is 0.625 bits per heavy atom. The average Bonchev–Trinajstić information content (AvgIpc) is 3.13. The molecular weight excluding hydrogens is 192 g/mol. The lowest BCUT2D eigenvalue weighted by molar-refractivity contribution is 0.0661. The summed E-state index contributed by atoms with van der Waals surface area (Å²) in [6.07, 6.45) is 15.3. The van der Waals surface area contributed by atoms with Crippen LogP contribution in [0.3, 0.4) is 0 Å². The quantitative estimate of drug-likeness (QED) is 0.522. The highest BCUT2D eigenvalue weighted by molar-refractivity contribution is 5.43. The van der Waals surface area contributed by atoms with Gasteiger partial charge in [-0.25, -0.2) is 0 Å². The van der Waals surface area contributed by atoms with Crippen molar-refractivity contribution in [3.8, 4) is 0 Å². The molecule has 5 aliphatic carbocycles. The van der Waals surface area contributed by atoms with Crippen molar-refractivity contribution in [2.75, 3.05) is 0 Å². The van der Waals surface area contributed by atoms with Crippen molar-refractivity contribution in [2.45, 2.75) is 64.2 Å². The molecule has 0 unspecified atom stereocenters. The zero-order valence-electron chi connectivity index (χ0n) is 10.3. The second-order valence-corrected chi connectivity index (χ2v) is 7.69. The van der Waals surface area contributed by atoms with E-state index in [0.717, 1.165) is 16.2 Å². The van der Waals surface area contributed by atoms with Crippen molar-refractivity contribution in [1.29, 1.82) is 0 Å². The van der Waals surface area contributed by atoms with Gasteiger partial charge in [-0.2, -0.15) is 0 Å². The second kappa shape index (κ2) is 2.06. The summed E-state index contributed by atoms with van der Waals surface area (Å²) in [4.78, 5) is 0. The third-order valence-electron chi connectivity index (χ3n) is 7.69.